The van der Waals surface area contributed by atoms with Gasteiger partial charge in [-0.2, -0.15) is 0 Å². The van der Waals surface area contributed by atoms with Gasteiger partial charge in [0.2, 0.25) is 5.91 Å². The molecule has 7 heteroatoms. The SMILES string of the molecule is C=CCn1c(SCC(=O)N[C@@H]2CCC[C@H](C)[C@H]2C)nnc1-c1ccccc1OC. The number of carbonyl (C=O) groups is 1. The molecule has 0 saturated heterocycles. The van der Waals surface area contributed by atoms with E-state index >= 15 is 0 Å². The molecule has 1 aromatic heterocycles. The highest BCUT2D eigenvalue weighted by Gasteiger charge is 2.28. The highest BCUT2D eigenvalue weighted by Crippen LogP contribution is 2.32. The first-order valence-corrected chi connectivity index (χ1v) is 11.1. The average molecular weight is 415 g/mol. The number of para-hydroxylation sites is 1. The first-order chi connectivity index (χ1) is 14.0. The van der Waals surface area contributed by atoms with Gasteiger partial charge in [-0.25, -0.2) is 0 Å². The summed E-state index contributed by atoms with van der Waals surface area (Å²) >= 11 is 1.40. The molecule has 0 radical (unpaired) electrons. The third-order valence-corrected chi connectivity index (χ3v) is 6.73. The Morgan fingerprint density at radius 3 is 2.90 bits per heavy atom. The van der Waals surface area contributed by atoms with Crippen molar-refractivity contribution >= 4 is 17.7 Å². The van der Waals surface area contributed by atoms with Gasteiger partial charge in [0.25, 0.3) is 0 Å². The van der Waals surface area contributed by atoms with Gasteiger partial charge in [-0.15, -0.1) is 16.8 Å². The molecule has 2 aromatic rings. The van der Waals surface area contributed by atoms with E-state index in [1.54, 1.807) is 13.2 Å². The zero-order valence-corrected chi connectivity index (χ0v) is 18.2. The van der Waals surface area contributed by atoms with Crippen molar-refractivity contribution < 1.29 is 9.53 Å². The number of allylic oxidation sites excluding steroid dienone is 1. The van der Waals surface area contributed by atoms with E-state index in [0.29, 0.717) is 35.1 Å². The number of amides is 1. The predicted octanol–water partition coefficient (Wildman–Crippen LogP) is 4.17. The molecule has 1 saturated carbocycles. The van der Waals surface area contributed by atoms with Crippen molar-refractivity contribution in [3.8, 4) is 17.1 Å². The van der Waals surface area contributed by atoms with Crippen LogP contribution in [-0.4, -0.2) is 39.6 Å². The van der Waals surface area contributed by atoms with Gasteiger partial charge in [-0.3, -0.25) is 9.36 Å². The number of carbonyl (C=O) groups excluding carboxylic acids is 1. The lowest BCUT2D eigenvalue weighted by molar-refractivity contribution is -0.120. The molecule has 156 valence electrons. The fourth-order valence-corrected chi connectivity index (χ4v) is 4.64. The molecule has 1 heterocycles. The maximum atomic E-state index is 12.6. The summed E-state index contributed by atoms with van der Waals surface area (Å²) in [7, 11) is 1.64. The number of methoxy groups -OCH3 is 1. The smallest absolute Gasteiger partial charge is 0.230 e. The van der Waals surface area contributed by atoms with Gasteiger partial charge in [-0.05, 0) is 30.4 Å². The molecule has 1 aromatic carbocycles. The van der Waals surface area contributed by atoms with Gasteiger partial charge in [0, 0.05) is 12.6 Å². The molecular weight excluding hydrogens is 384 g/mol. The van der Waals surface area contributed by atoms with E-state index in [1.165, 1.54) is 24.6 Å². The van der Waals surface area contributed by atoms with Gasteiger partial charge in [0.15, 0.2) is 11.0 Å². The first kappa shape index (κ1) is 21.4. The summed E-state index contributed by atoms with van der Waals surface area (Å²) in [5, 5.41) is 12.6. The zero-order chi connectivity index (χ0) is 20.8. The van der Waals surface area contributed by atoms with Crippen molar-refractivity contribution in [1.82, 2.24) is 20.1 Å². The molecule has 3 atom stereocenters. The Balaban J connectivity index is 1.70. The molecule has 1 amide bonds. The summed E-state index contributed by atoms with van der Waals surface area (Å²) in [6.45, 7) is 8.91. The number of nitrogens with one attached hydrogen (secondary N) is 1. The van der Waals surface area contributed by atoms with Gasteiger partial charge in [-0.1, -0.05) is 56.7 Å². The van der Waals surface area contributed by atoms with Crippen molar-refractivity contribution in [1.29, 1.82) is 0 Å². The summed E-state index contributed by atoms with van der Waals surface area (Å²) in [6.07, 6.45) is 5.29. The summed E-state index contributed by atoms with van der Waals surface area (Å²) in [5.41, 5.74) is 0.866. The second-order valence-electron chi connectivity index (χ2n) is 7.64. The standard InChI is InChI=1S/C22H30N4O2S/c1-5-13-26-21(17-10-6-7-12-19(17)28-4)24-25-22(26)29-14-20(27)23-18-11-8-9-15(2)16(18)3/h5-7,10,12,15-16,18H,1,8-9,11,13-14H2,2-4H3,(H,23,27)/t15-,16+,18+/m0/s1. The highest BCUT2D eigenvalue weighted by atomic mass is 32.2. The van der Waals surface area contributed by atoms with Crippen LogP contribution in [0.3, 0.4) is 0 Å². The van der Waals surface area contributed by atoms with Gasteiger partial charge in [0.05, 0.1) is 18.4 Å². The van der Waals surface area contributed by atoms with Crippen LogP contribution in [-0.2, 0) is 11.3 Å². The summed E-state index contributed by atoms with van der Waals surface area (Å²) in [5.74, 6) is 2.98. The minimum atomic E-state index is 0.0490. The van der Waals surface area contributed by atoms with Crippen molar-refractivity contribution in [2.24, 2.45) is 11.8 Å². The fourth-order valence-electron chi connectivity index (χ4n) is 3.88. The molecule has 1 fully saturated rings. The van der Waals surface area contributed by atoms with E-state index in [1.807, 2.05) is 28.8 Å². The van der Waals surface area contributed by atoms with Gasteiger partial charge in [0.1, 0.15) is 5.75 Å². The Morgan fingerprint density at radius 1 is 1.34 bits per heavy atom. The second kappa shape index (κ2) is 9.96. The summed E-state index contributed by atoms with van der Waals surface area (Å²) in [4.78, 5) is 12.6. The third-order valence-electron chi connectivity index (χ3n) is 5.76. The van der Waals surface area contributed by atoms with Gasteiger partial charge >= 0.3 is 0 Å². The molecule has 0 unspecified atom stereocenters. The monoisotopic (exact) mass is 414 g/mol. The Kier molecular flexibility index (Phi) is 7.36. The maximum Gasteiger partial charge on any atom is 0.230 e. The summed E-state index contributed by atoms with van der Waals surface area (Å²) < 4.78 is 7.43. The van der Waals surface area contributed by atoms with Crippen LogP contribution in [0, 0.1) is 11.8 Å². The molecule has 0 aliphatic heterocycles. The lowest BCUT2D eigenvalue weighted by Crippen LogP contribution is -2.44. The molecule has 1 aliphatic carbocycles. The number of benzene rings is 1. The van der Waals surface area contributed by atoms with Crippen LogP contribution in [0.4, 0.5) is 0 Å². The lowest BCUT2D eigenvalue weighted by atomic mass is 9.78. The molecule has 1 N–H and O–H groups in total. The predicted molar refractivity (Wildman–Crippen MR) is 117 cm³/mol. The van der Waals surface area contributed by atoms with Crippen LogP contribution in [0.15, 0.2) is 42.1 Å². The Bertz CT molecular complexity index is 851. The van der Waals surface area contributed by atoms with E-state index in [0.717, 1.165) is 17.7 Å². The molecule has 1 aliphatic rings. The molecule has 0 spiro atoms. The number of aromatic nitrogens is 3. The molecular formula is C22H30N4O2S. The van der Waals surface area contributed by atoms with Crippen molar-refractivity contribution in [3.63, 3.8) is 0 Å². The van der Waals surface area contributed by atoms with Crippen LogP contribution < -0.4 is 10.1 Å². The first-order valence-electron chi connectivity index (χ1n) is 10.1. The van der Waals surface area contributed by atoms with Crippen LogP contribution in [0.2, 0.25) is 0 Å². The van der Waals surface area contributed by atoms with Crippen LogP contribution in [0.5, 0.6) is 5.75 Å². The van der Waals surface area contributed by atoms with Crippen molar-refractivity contribution in [2.45, 2.75) is 50.9 Å². The minimum absolute atomic E-state index is 0.0490. The van der Waals surface area contributed by atoms with E-state index in [4.69, 9.17) is 4.74 Å². The number of hydrogen-bond donors (Lipinski definition) is 1. The Labute approximate surface area is 177 Å². The average Bonchev–Trinajstić information content (AvgIpc) is 3.12. The van der Waals surface area contributed by atoms with E-state index in [9.17, 15) is 4.79 Å². The van der Waals surface area contributed by atoms with Crippen LogP contribution >= 0.6 is 11.8 Å². The quantitative estimate of drug-likeness (QED) is 0.519. The van der Waals surface area contributed by atoms with Crippen molar-refractivity contribution in [3.05, 3.63) is 36.9 Å². The van der Waals surface area contributed by atoms with E-state index in [2.05, 4.69) is 35.9 Å². The van der Waals surface area contributed by atoms with E-state index in [-0.39, 0.29) is 11.9 Å². The third kappa shape index (κ3) is 5.01. The zero-order valence-electron chi connectivity index (χ0n) is 17.4. The summed E-state index contributed by atoms with van der Waals surface area (Å²) in [6, 6.07) is 7.98. The number of rotatable bonds is 8. The molecule has 3 rings (SSSR count). The minimum Gasteiger partial charge on any atom is -0.496 e. The van der Waals surface area contributed by atoms with Gasteiger partial charge < -0.3 is 10.1 Å². The highest BCUT2D eigenvalue weighted by molar-refractivity contribution is 7.99. The number of hydrogen-bond acceptors (Lipinski definition) is 5. The van der Waals surface area contributed by atoms with Crippen LogP contribution in [0.1, 0.15) is 33.1 Å². The van der Waals surface area contributed by atoms with Crippen LogP contribution in [0.25, 0.3) is 11.4 Å². The number of thioether (sulfide) groups is 1. The number of nitrogens with zero attached hydrogens (tertiary/aromatic N) is 3. The van der Waals surface area contributed by atoms with E-state index < -0.39 is 0 Å². The Hall–Kier alpha value is -2.28. The Morgan fingerprint density at radius 2 is 2.14 bits per heavy atom. The lowest BCUT2D eigenvalue weighted by Gasteiger charge is -2.34. The fraction of sp³-hybridized carbons (Fsp3) is 0.500. The number of ether oxygens (including phenoxy) is 1. The van der Waals surface area contributed by atoms with Crippen molar-refractivity contribution in [2.75, 3.05) is 12.9 Å². The molecule has 0 bridgehead atoms. The molecule has 6 nitrogen and oxygen atoms in total. The second-order valence-corrected chi connectivity index (χ2v) is 8.58. The normalized spacial score (nSPS) is 21.6. The molecule has 29 heavy (non-hydrogen) atoms. The topological polar surface area (TPSA) is 69.0 Å². The largest absolute Gasteiger partial charge is 0.496 e. The maximum absolute atomic E-state index is 12.6.